The fraction of sp³-hybridized carbons (Fsp3) is 0.188. The summed E-state index contributed by atoms with van der Waals surface area (Å²) in [5.74, 6) is -1.79. The Labute approximate surface area is 122 Å². The van der Waals surface area contributed by atoms with E-state index in [4.69, 9.17) is 0 Å². The predicted octanol–water partition coefficient (Wildman–Crippen LogP) is 3.93. The molecular weight excluding hydrogens is 274 g/mol. The highest BCUT2D eigenvalue weighted by Crippen LogP contribution is 2.18. The molecule has 1 amide bonds. The molecule has 2 rings (SSSR count). The third-order valence-electron chi connectivity index (χ3n) is 2.98. The summed E-state index contributed by atoms with van der Waals surface area (Å²) in [5, 5.41) is 5.74. The summed E-state index contributed by atoms with van der Waals surface area (Å²) >= 11 is 0. The molecule has 0 saturated heterocycles. The molecule has 0 aliphatic rings. The zero-order chi connectivity index (χ0) is 15.2. The minimum absolute atomic E-state index is 0.0803. The molecule has 21 heavy (non-hydrogen) atoms. The van der Waals surface area contributed by atoms with Crippen LogP contribution in [0.25, 0.3) is 0 Å². The van der Waals surface area contributed by atoms with Gasteiger partial charge in [0, 0.05) is 29.9 Å². The number of rotatable bonds is 5. The molecule has 0 atom stereocenters. The second-order valence-electron chi connectivity index (χ2n) is 4.55. The number of halogens is 2. The molecule has 2 aromatic carbocycles. The van der Waals surface area contributed by atoms with Gasteiger partial charge in [-0.05, 0) is 24.3 Å². The first kappa shape index (κ1) is 15.0. The molecule has 0 saturated carbocycles. The van der Waals surface area contributed by atoms with E-state index in [1.165, 1.54) is 12.1 Å². The van der Waals surface area contributed by atoms with Crippen LogP contribution in [-0.4, -0.2) is 5.91 Å². The summed E-state index contributed by atoms with van der Waals surface area (Å²) < 4.78 is 26.6. The van der Waals surface area contributed by atoms with Crippen molar-refractivity contribution in [3.8, 4) is 0 Å². The maximum Gasteiger partial charge on any atom is 0.224 e. The Morgan fingerprint density at radius 1 is 1.10 bits per heavy atom. The van der Waals surface area contributed by atoms with Crippen LogP contribution in [0, 0.1) is 11.6 Å². The summed E-state index contributed by atoms with van der Waals surface area (Å²) in [4.78, 5) is 11.3. The summed E-state index contributed by atoms with van der Waals surface area (Å²) in [5.41, 5.74) is 1.62. The maximum atomic E-state index is 13.5. The van der Waals surface area contributed by atoms with Crippen molar-refractivity contribution < 1.29 is 13.6 Å². The Kier molecular flexibility index (Phi) is 4.87. The number of hydrogen-bond acceptors (Lipinski definition) is 2. The van der Waals surface area contributed by atoms with Gasteiger partial charge in [-0.1, -0.05) is 25.1 Å². The van der Waals surface area contributed by atoms with E-state index in [0.29, 0.717) is 17.8 Å². The van der Waals surface area contributed by atoms with E-state index >= 15 is 0 Å². The van der Waals surface area contributed by atoms with Gasteiger partial charge in [-0.15, -0.1) is 0 Å². The lowest BCUT2D eigenvalue weighted by molar-refractivity contribution is -0.115. The summed E-state index contributed by atoms with van der Waals surface area (Å²) in [6.45, 7) is 1.93. The van der Waals surface area contributed by atoms with Crippen LogP contribution in [0.1, 0.15) is 18.9 Å². The SMILES string of the molecule is CCC(=O)Nc1cccc(NCc2cccc(F)c2F)c1. The van der Waals surface area contributed by atoms with Gasteiger partial charge in [0.25, 0.3) is 0 Å². The van der Waals surface area contributed by atoms with Gasteiger partial charge in [0.05, 0.1) is 0 Å². The first-order chi connectivity index (χ1) is 10.1. The van der Waals surface area contributed by atoms with Gasteiger partial charge in [0.15, 0.2) is 11.6 Å². The van der Waals surface area contributed by atoms with Crippen LogP contribution in [0.3, 0.4) is 0 Å². The van der Waals surface area contributed by atoms with Gasteiger partial charge in [-0.2, -0.15) is 0 Å². The molecular formula is C16H16F2N2O. The second kappa shape index (κ2) is 6.83. The number of nitrogens with one attached hydrogen (secondary N) is 2. The number of anilines is 2. The van der Waals surface area contributed by atoms with Gasteiger partial charge in [-0.25, -0.2) is 8.78 Å². The standard InChI is InChI=1S/C16H16F2N2O/c1-2-15(21)20-13-7-4-6-12(9-13)19-10-11-5-3-8-14(17)16(11)18/h3-9,19H,2,10H2,1H3,(H,20,21). The smallest absolute Gasteiger partial charge is 0.224 e. The van der Waals surface area contributed by atoms with E-state index < -0.39 is 11.6 Å². The first-order valence-corrected chi connectivity index (χ1v) is 6.67. The number of carbonyl (C=O) groups is 1. The Balaban J connectivity index is 2.05. The molecule has 0 fully saturated rings. The monoisotopic (exact) mass is 290 g/mol. The Hall–Kier alpha value is -2.43. The minimum atomic E-state index is -0.863. The van der Waals surface area contributed by atoms with Gasteiger partial charge >= 0.3 is 0 Å². The van der Waals surface area contributed by atoms with Crippen molar-refractivity contribution in [3.63, 3.8) is 0 Å². The third-order valence-corrected chi connectivity index (χ3v) is 2.98. The second-order valence-corrected chi connectivity index (χ2v) is 4.55. The zero-order valence-corrected chi connectivity index (χ0v) is 11.6. The highest BCUT2D eigenvalue weighted by Gasteiger charge is 2.07. The van der Waals surface area contributed by atoms with Crippen molar-refractivity contribution in [2.75, 3.05) is 10.6 Å². The zero-order valence-electron chi connectivity index (χ0n) is 11.6. The van der Waals surface area contributed by atoms with Crippen molar-refractivity contribution in [2.24, 2.45) is 0 Å². The van der Waals surface area contributed by atoms with Crippen LogP contribution in [0.4, 0.5) is 20.2 Å². The molecule has 0 aliphatic carbocycles. The fourth-order valence-electron chi connectivity index (χ4n) is 1.84. The summed E-state index contributed by atoms with van der Waals surface area (Å²) in [6, 6.07) is 11.1. The Morgan fingerprint density at radius 3 is 2.57 bits per heavy atom. The molecule has 3 nitrogen and oxygen atoms in total. The van der Waals surface area contributed by atoms with Crippen LogP contribution in [0.15, 0.2) is 42.5 Å². The number of amides is 1. The van der Waals surface area contributed by atoms with Crippen LogP contribution >= 0.6 is 0 Å². The van der Waals surface area contributed by atoms with E-state index in [9.17, 15) is 13.6 Å². The Morgan fingerprint density at radius 2 is 1.81 bits per heavy atom. The van der Waals surface area contributed by atoms with E-state index in [-0.39, 0.29) is 18.0 Å². The largest absolute Gasteiger partial charge is 0.381 e. The minimum Gasteiger partial charge on any atom is -0.381 e. The van der Waals surface area contributed by atoms with Gasteiger partial charge < -0.3 is 10.6 Å². The molecule has 2 aromatic rings. The van der Waals surface area contributed by atoms with Crippen LogP contribution in [0.2, 0.25) is 0 Å². The molecule has 0 aliphatic heterocycles. The molecule has 110 valence electrons. The van der Waals surface area contributed by atoms with E-state index in [1.807, 2.05) is 0 Å². The molecule has 0 spiro atoms. The number of carbonyl (C=O) groups excluding carboxylic acids is 1. The predicted molar refractivity (Wildman–Crippen MR) is 79.0 cm³/mol. The molecule has 5 heteroatoms. The van der Waals surface area contributed by atoms with Crippen molar-refractivity contribution >= 4 is 17.3 Å². The quantitative estimate of drug-likeness (QED) is 0.876. The van der Waals surface area contributed by atoms with Gasteiger partial charge in [0.1, 0.15) is 0 Å². The van der Waals surface area contributed by atoms with Crippen LogP contribution in [0.5, 0.6) is 0 Å². The third kappa shape index (κ3) is 4.02. The van der Waals surface area contributed by atoms with E-state index in [2.05, 4.69) is 10.6 Å². The lowest BCUT2D eigenvalue weighted by Gasteiger charge is -2.10. The van der Waals surface area contributed by atoms with E-state index in [1.54, 1.807) is 31.2 Å². The van der Waals surface area contributed by atoms with Crippen molar-refractivity contribution in [3.05, 3.63) is 59.7 Å². The van der Waals surface area contributed by atoms with Crippen molar-refractivity contribution in [1.29, 1.82) is 0 Å². The van der Waals surface area contributed by atoms with Crippen molar-refractivity contribution in [2.45, 2.75) is 19.9 Å². The first-order valence-electron chi connectivity index (χ1n) is 6.67. The number of benzene rings is 2. The molecule has 0 bridgehead atoms. The van der Waals surface area contributed by atoms with Gasteiger partial charge in [-0.3, -0.25) is 4.79 Å². The number of hydrogen-bond donors (Lipinski definition) is 2. The molecule has 2 N–H and O–H groups in total. The molecule has 0 radical (unpaired) electrons. The average molecular weight is 290 g/mol. The van der Waals surface area contributed by atoms with Crippen LogP contribution < -0.4 is 10.6 Å². The molecule has 0 heterocycles. The van der Waals surface area contributed by atoms with Crippen molar-refractivity contribution in [1.82, 2.24) is 0 Å². The topological polar surface area (TPSA) is 41.1 Å². The lowest BCUT2D eigenvalue weighted by atomic mass is 10.2. The average Bonchev–Trinajstić information content (AvgIpc) is 2.49. The lowest BCUT2D eigenvalue weighted by Crippen LogP contribution is -2.09. The maximum absolute atomic E-state index is 13.5. The van der Waals surface area contributed by atoms with E-state index in [0.717, 1.165) is 6.07 Å². The normalized spacial score (nSPS) is 10.2. The van der Waals surface area contributed by atoms with Gasteiger partial charge in [0.2, 0.25) is 5.91 Å². The molecule has 0 aromatic heterocycles. The summed E-state index contributed by atoms with van der Waals surface area (Å²) in [7, 11) is 0. The Bertz CT molecular complexity index is 644. The highest BCUT2D eigenvalue weighted by molar-refractivity contribution is 5.90. The highest BCUT2D eigenvalue weighted by atomic mass is 19.2. The van der Waals surface area contributed by atoms with Crippen LogP contribution in [-0.2, 0) is 11.3 Å². The fourth-order valence-corrected chi connectivity index (χ4v) is 1.84. The summed E-state index contributed by atoms with van der Waals surface area (Å²) in [6.07, 6.45) is 0.395. The molecule has 0 unspecified atom stereocenters.